The van der Waals surface area contributed by atoms with E-state index in [1.54, 1.807) is 13.0 Å². The summed E-state index contributed by atoms with van der Waals surface area (Å²) < 4.78 is 26.7. The molecule has 0 amide bonds. The molecule has 1 atom stereocenters. The molecule has 1 fully saturated rings. The lowest BCUT2D eigenvalue weighted by Crippen LogP contribution is -2.30. The van der Waals surface area contributed by atoms with Crippen molar-refractivity contribution in [2.24, 2.45) is 5.92 Å². The van der Waals surface area contributed by atoms with Gasteiger partial charge in [0.1, 0.15) is 0 Å². The molecule has 0 spiro atoms. The van der Waals surface area contributed by atoms with Crippen LogP contribution in [0.4, 0.5) is 0 Å². The molecule has 0 radical (unpaired) electrons. The Bertz CT molecular complexity index is 581. The third kappa shape index (κ3) is 2.47. The highest BCUT2D eigenvalue weighted by Gasteiger charge is 2.36. The van der Waals surface area contributed by atoms with E-state index in [1.807, 2.05) is 0 Å². The van der Waals surface area contributed by atoms with Gasteiger partial charge < -0.3 is 5.11 Å². The summed E-state index contributed by atoms with van der Waals surface area (Å²) >= 11 is 4.62. The van der Waals surface area contributed by atoms with E-state index in [4.69, 9.17) is 5.11 Å². The highest BCUT2D eigenvalue weighted by Crippen LogP contribution is 2.33. The number of aliphatic carboxylic acids is 1. The lowest BCUT2D eigenvalue weighted by atomic mass is 10.1. The maximum absolute atomic E-state index is 12.4. The molecule has 0 bridgehead atoms. The van der Waals surface area contributed by atoms with Gasteiger partial charge in [-0.3, -0.25) is 4.79 Å². The van der Waals surface area contributed by atoms with E-state index in [0.29, 0.717) is 11.3 Å². The molecule has 1 aromatic heterocycles. The highest BCUT2D eigenvalue weighted by atomic mass is 79.9. The normalized spacial score (nSPS) is 21.3. The summed E-state index contributed by atoms with van der Waals surface area (Å²) in [7, 11) is -3.56. The van der Waals surface area contributed by atoms with E-state index >= 15 is 0 Å². The molecule has 0 unspecified atom stereocenters. The number of sulfonamides is 1. The lowest BCUT2D eigenvalue weighted by Gasteiger charge is -2.15. The Balaban J connectivity index is 2.28. The van der Waals surface area contributed by atoms with Gasteiger partial charge in [-0.1, -0.05) is 0 Å². The van der Waals surface area contributed by atoms with Crippen molar-refractivity contribution < 1.29 is 18.3 Å². The van der Waals surface area contributed by atoms with Crippen LogP contribution in [0.3, 0.4) is 0 Å². The molecular formula is C10H12BrNO4S2. The Morgan fingerprint density at radius 1 is 1.61 bits per heavy atom. The average Bonchev–Trinajstić information content (AvgIpc) is 2.85. The summed E-state index contributed by atoms with van der Waals surface area (Å²) in [5.41, 5.74) is 0. The Hall–Kier alpha value is -0.440. The van der Waals surface area contributed by atoms with E-state index in [0.717, 1.165) is 3.79 Å². The van der Waals surface area contributed by atoms with Crippen molar-refractivity contribution in [3.63, 3.8) is 0 Å². The molecule has 2 rings (SSSR count). The first kappa shape index (κ1) is 14.0. The summed E-state index contributed by atoms with van der Waals surface area (Å²) in [6.45, 7) is 2.07. The number of aryl methyl sites for hydroxylation is 1. The standard InChI is InChI=1S/C10H12BrNO4S2/c1-6-8(4-9(11)17-6)18(15,16)12-3-2-7(5-12)10(13)14/h4,7H,2-3,5H2,1H3,(H,13,14)/t7-/m1/s1. The van der Waals surface area contributed by atoms with Crippen LogP contribution in [0.25, 0.3) is 0 Å². The van der Waals surface area contributed by atoms with Crippen LogP contribution >= 0.6 is 27.3 Å². The van der Waals surface area contributed by atoms with Crippen LogP contribution in [-0.4, -0.2) is 36.9 Å². The molecule has 2 heterocycles. The Morgan fingerprint density at radius 3 is 2.72 bits per heavy atom. The van der Waals surface area contributed by atoms with Crippen molar-refractivity contribution in [1.29, 1.82) is 0 Å². The topological polar surface area (TPSA) is 74.7 Å². The SMILES string of the molecule is Cc1sc(Br)cc1S(=O)(=O)N1CC[C@@H](C(=O)O)C1. The molecule has 1 N–H and O–H groups in total. The van der Waals surface area contributed by atoms with Gasteiger partial charge in [0.05, 0.1) is 14.6 Å². The number of carboxylic acid groups (broad SMARTS) is 1. The van der Waals surface area contributed by atoms with Crippen LogP contribution < -0.4 is 0 Å². The minimum atomic E-state index is -3.56. The van der Waals surface area contributed by atoms with Crippen molar-refractivity contribution >= 4 is 43.3 Å². The summed E-state index contributed by atoms with van der Waals surface area (Å²) in [5.74, 6) is -1.53. The fourth-order valence-electron chi connectivity index (χ4n) is 1.97. The van der Waals surface area contributed by atoms with Crippen molar-refractivity contribution in [3.8, 4) is 0 Å². The first-order chi connectivity index (χ1) is 8.32. The van der Waals surface area contributed by atoms with Crippen molar-refractivity contribution in [3.05, 3.63) is 14.7 Å². The molecule has 1 aliphatic heterocycles. The largest absolute Gasteiger partial charge is 0.481 e. The molecule has 8 heteroatoms. The molecule has 0 aliphatic carbocycles. The second kappa shape index (κ2) is 4.92. The van der Waals surface area contributed by atoms with Crippen LogP contribution in [0.2, 0.25) is 0 Å². The van der Waals surface area contributed by atoms with Gasteiger partial charge in [-0.25, -0.2) is 8.42 Å². The van der Waals surface area contributed by atoms with E-state index in [9.17, 15) is 13.2 Å². The summed E-state index contributed by atoms with van der Waals surface area (Å²) in [6.07, 6.45) is 0.374. The Kier molecular flexibility index (Phi) is 3.82. The molecule has 18 heavy (non-hydrogen) atoms. The van der Waals surface area contributed by atoms with Gasteiger partial charge in [0.2, 0.25) is 10.0 Å². The predicted molar refractivity (Wildman–Crippen MR) is 71.3 cm³/mol. The molecule has 1 saturated heterocycles. The number of rotatable bonds is 3. The van der Waals surface area contributed by atoms with E-state index in [-0.39, 0.29) is 18.0 Å². The van der Waals surface area contributed by atoms with Crippen LogP contribution in [0, 0.1) is 12.8 Å². The monoisotopic (exact) mass is 353 g/mol. The van der Waals surface area contributed by atoms with Gasteiger partial charge in [0.25, 0.3) is 0 Å². The fourth-order valence-corrected chi connectivity index (χ4v) is 5.86. The molecule has 1 aliphatic rings. The third-order valence-corrected chi connectivity index (χ3v) is 6.63. The highest BCUT2D eigenvalue weighted by molar-refractivity contribution is 9.11. The third-order valence-electron chi connectivity index (χ3n) is 2.96. The molecular weight excluding hydrogens is 342 g/mol. The average molecular weight is 354 g/mol. The minimum Gasteiger partial charge on any atom is -0.481 e. The first-order valence-corrected chi connectivity index (χ1v) is 8.36. The smallest absolute Gasteiger partial charge is 0.307 e. The van der Waals surface area contributed by atoms with E-state index in [2.05, 4.69) is 15.9 Å². The summed E-state index contributed by atoms with van der Waals surface area (Å²) in [5, 5.41) is 8.90. The van der Waals surface area contributed by atoms with Crippen molar-refractivity contribution in [2.45, 2.75) is 18.2 Å². The summed E-state index contributed by atoms with van der Waals surface area (Å²) in [4.78, 5) is 11.8. The maximum atomic E-state index is 12.4. The molecule has 0 aromatic carbocycles. The van der Waals surface area contributed by atoms with Gasteiger partial charge in [0, 0.05) is 18.0 Å². The lowest BCUT2D eigenvalue weighted by molar-refractivity contribution is -0.141. The number of thiophene rings is 1. The van der Waals surface area contributed by atoms with Gasteiger partial charge in [0.15, 0.2) is 0 Å². The zero-order valence-corrected chi connectivity index (χ0v) is 12.8. The maximum Gasteiger partial charge on any atom is 0.307 e. The zero-order chi connectivity index (χ0) is 13.5. The number of hydrogen-bond acceptors (Lipinski definition) is 4. The first-order valence-electron chi connectivity index (χ1n) is 5.31. The second-order valence-corrected chi connectivity index (χ2v) is 8.70. The van der Waals surface area contributed by atoms with Crippen molar-refractivity contribution in [1.82, 2.24) is 4.31 Å². The number of carbonyl (C=O) groups is 1. The van der Waals surface area contributed by atoms with E-state index < -0.39 is 21.9 Å². The number of nitrogens with zero attached hydrogens (tertiary/aromatic N) is 1. The Labute approximate surface area is 118 Å². The molecule has 0 saturated carbocycles. The number of hydrogen-bond donors (Lipinski definition) is 1. The minimum absolute atomic E-state index is 0.0601. The summed E-state index contributed by atoms with van der Waals surface area (Å²) in [6, 6.07) is 1.57. The van der Waals surface area contributed by atoms with Crippen LogP contribution in [0.15, 0.2) is 14.7 Å². The number of halogens is 1. The predicted octanol–water partition coefficient (Wildman–Crippen LogP) is 1.91. The van der Waals surface area contributed by atoms with Gasteiger partial charge in [-0.2, -0.15) is 4.31 Å². The van der Waals surface area contributed by atoms with Gasteiger partial charge in [-0.05, 0) is 35.3 Å². The quantitative estimate of drug-likeness (QED) is 0.900. The van der Waals surface area contributed by atoms with E-state index in [1.165, 1.54) is 15.6 Å². The van der Waals surface area contributed by atoms with Gasteiger partial charge in [-0.15, -0.1) is 11.3 Å². The van der Waals surface area contributed by atoms with Crippen LogP contribution in [-0.2, 0) is 14.8 Å². The molecule has 5 nitrogen and oxygen atoms in total. The Morgan fingerprint density at radius 2 is 2.28 bits per heavy atom. The number of carboxylic acids is 1. The second-order valence-electron chi connectivity index (χ2n) is 4.16. The van der Waals surface area contributed by atoms with Gasteiger partial charge >= 0.3 is 5.97 Å². The van der Waals surface area contributed by atoms with Crippen molar-refractivity contribution in [2.75, 3.05) is 13.1 Å². The zero-order valence-electron chi connectivity index (χ0n) is 9.59. The van der Waals surface area contributed by atoms with Crippen LogP contribution in [0.1, 0.15) is 11.3 Å². The molecule has 100 valence electrons. The van der Waals surface area contributed by atoms with Crippen LogP contribution in [0.5, 0.6) is 0 Å². The molecule has 1 aromatic rings. The fraction of sp³-hybridized carbons (Fsp3) is 0.500.